The van der Waals surface area contributed by atoms with Gasteiger partial charge < -0.3 is 9.32 Å². The molecule has 1 aromatic heterocycles. The first-order chi connectivity index (χ1) is 14.0. The molecule has 0 radical (unpaired) electrons. The number of rotatable bonds is 5. The molecule has 4 rings (SSSR count). The summed E-state index contributed by atoms with van der Waals surface area (Å²) >= 11 is 0. The average Bonchev–Trinajstić information content (AvgIpc) is 3.18. The lowest BCUT2D eigenvalue weighted by Crippen LogP contribution is -2.50. The molecule has 2 fully saturated rings. The Kier molecular flexibility index (Phi) is 5.99. The third-order valence-electron chi connectivity index (χ3n) is 6.19. The zero-order chi connectivity index (χ0) is 20.3. The number of benzene rings is 1. The molecule has 1 atom stereocenters. The molecule has 0 aliphatic carbocycles. The van der Waals surface area contributed by atoms with E-state index in [1.54, 1.807) is 12.3 Å². The molecule has 0 N–H and O–H groups in total. The zero-order valence-electron chi connectivity index (χ0n) is 17.2. The van der Waals surface area contributed by atoms with Gasteiger partial charge in [0.1, 0.15) is 11.6 Å². The van der Waals surface area contributed by atoms with Gasteiger partial charge in [-0.25, -0.2) is 9.37 Å². The molecule has 2 aromatic rings. The Morgan fingerprint density at radius 3 is 2.83 bits per heavy atom. The van der Waals surface area contributed by atoms with Crippen molar-refractivity contribution in [1.29, 1.82) is 0 Å². The number of carbonyl (C=O) groups is 1. The second kappa shape index (κ2) is 8.66. The van der Waals surface area contributed by atoms with Crippen LogP contribution in [0.4, 0.5) is 4.39 Å². The minimum atomic E-state index is -0.282. The normalized spacial score (nSPS) is 23.3. The van der Waals surface area contributed by atoms with Crippen LogP contribution in [0.2, 0.25) is 0 Å². The van der Waals surface area contributed by atoms with E-state index in [4.69, 9.17) is 4.42 Å². The number of piperidine rings is 2. The fourth-order valence-corrected chi connectivity index (χ4v) is 4.55. The smallest absolute Gasteiger partial charge is 0.236 e. The number of hydrogen-bond donors (Lipinski definition) is 0. The maximum absolute atomic E-state index is 13.4. The number of amides is 1. The minimum absolute atomic E-state index is 0.212. The Morgan fingerprint density at radius 2 is 2.03 bits per heavy atom. The number of hydrogen-bond acceptors (Lipinski definition) is 4. The zero-order valence-corrected chi connectivity index (χ0v) is 17.2. The molecule has 2 aliphatic heterocycles. The second-order valence-electron chi connectivity index (χ2n) is 8.75. The van der Waals surface area contributed by atoms with E-state index in [-0.39, 0.29) is 17.1 Å². The van der Waals surface area contributed by atoms with Crippen molar-refractivity contribution < 1.29 is 13.6 Å². The molecule has 2 aliphatic rings. The topological polar surface area (TPSA) is 49.6 Å². The molecular formula is C23H30FN3O2. The van der Waals surface area contributed by atoms with E-state index >= 15 is 0 Å². The van der Waals surface area contributed by atoms with E-state index < -0.39 is 0 Å². The maximum atomic E-state index is 13.4. The van der Waals surface area contributed by atoms with Crippen LogP contribution in [0.1, 0.15) is 56.2 Å². The van der Waals surface area contributed by atoms with Crippen LogP contribution in [0.15, 0.2) is 34.9 Å². The van der Waals surface area contributed by atoms with Crippen LogP contribution in [-0.2, 0) is 16.6 Å². The van der Waals surface area contributed by atoms with Gasteiger partial charge in [-0.1, -0.05) is 18.6 Å². The predicted octanol–water partition coefficient (Wildman–Crippen LogP) is 3.77. The van der Waals surface area contributed by atoms with Crippen LogP contribution < -0.4 is 0 Å². The minimum Gasteiger partial charge on any atom is -0.445 e. The van der Waals surface area contributed by atoms with Crippen molar-refractivity contribution >= 4 is 5.91 Å². The number of aromatic nitrogens is 1. The van der Waals surface area contributed by atoms with Crippen molar-refractivity contribution in [2.75, 3.05) is 32.7 Å². The Balaban J connectivity index is 1.41. The van der Waals surface area contributed by atoms with E-state index in [9.17, 15) is 9.18 Å². The van der Waals surface area contributed by atoms with Gasteiger partial charge in [0.15, 0.2) is 0 Å². The second-order valence-corrected chi connectivity index (χ2v) is 8.75. The van der Waals surface area contributed by atoms with Crippen molar-refractivity contribution in [2.45, 2.75) is 50.9 Å². The number of likely N-dealkylation sites (tertiary alicyclic amines) is 2. The van der Waals surface area contributed by atoms with Gasteiger partial charge >= 0.3 is 0 Å². The van der Waals surface area contributed by atoms with Gasteiger partial charge in [-0.05, 0) is 63.4 Å². The molecule has 1 aromatic carbocycles. The fraction of sp³-hybridized carbons (Fsp3) is 0.565. The molecule has 29 heavy (non-hydrogen) atoms. The summed E-state index contributed by atoms with van der Waals surface area (Å²) in [7, 11) is 0. The predicted molar refractivity (Wildman–Crippen MR) is 109 cm³/mol. The van der Waals surface area contributed by atoms with E-state index in [1.165, 1.54) is 31.4 Å². The third kappa shape index (κ3) is 4.86. The highest BCUT2D eigenvalue weighted by Gasteiger charge is 2.38. The van der Waals surface area contributed by atoms with Crippen molar-refractivity contribution in [2.24, 2.45) is 0 Å². The van der Waals surface area contributed by atoms with Crippen molar-refractivity contribution in [3.63, 3.8) is 0 Å². The summed E-state index contributed by atoms with van der Waals surface area (Å²) in [6.45, 7) is 6.15. The Bertz CT molecular complexity index is 846. The van der Waals surface area contributed by atoms with Gasteiger partial charge in [-0.15, -0.1) is 0 Å². The molecule has 0 spiro atoms. The molecule has 6 heteroatoms. The molecule has 156 valence electrons. The molecule has 0 unspecified atom stereocenters. The van der Waals surface area contributed by atoms with Crippen molar-refractivity contribution in [3.8, 4) is 0 Å². The number of halogens is 1. The first kappa shape index (κ1) is 20.1. The monoisotopic (exact) mass is 399 g/mol. The van der Waals surface area contributed by atoms with Crippen LogP contribution in [0.3, 0.4) is 0 Å². The Morgan fingerprint density at radius 1 is 1.21 bits per heavy atom. The molecule has 1 amide bonds. The SMILES string of the molecule is C[C@]1(c2ncc(Cc3cccc(F)c3)o2)CCCN(C(=O)CN2CCCCC2)C1. The van der Waals surface area contributed by atoms with E-state index in [1.807, 2.05) is 11.0 Å². The summed E-state index contributed by atoms with van der Waals surface area (Å²) in [5.74, 6) is 1.37. The maximum Gasteiger partial charge on any atom is 0.236 e. The highest BCUT2D eigenvalue weighted by atomic mass is 19.1. The van der Waals surface area contributed by atoms with Gasteiger partial charge in [0.2, 0.25) is 11.8 Å². The lowest BCUT2D eigenvalue weighted by molar-refractivity contribution is -0.135. The highest BCUT2D eigenvalue weighted by molar-refractivity contribution is 5.78. The van der Waals surface area contributed by atoms with Crippen LogP contribution in [0.5, 0.6) is 0 Å². The van der Waals surface area contributed by atoms with E-state index in [2.05, 4.69) is 16.8 Å². The van der Waals surface area contributed by atoms with Crippen LogP contribution >= 0.6 is 0 Å². The number of nitrogens with zero attached hydrogens (tertiary/aromatic N) is 3. The standard InChI is InChI=1S/C23H30FN3O2/c1-23(22-25-15-20(29-22)14-18-7-5-8-19(24)13-18)9-6-12-27(17-23)21(28)16-26-10-3-2-4-11-26/h5,7-8,13,15H,2-4,6,9-12,14,16-17H2,1H3/t23-/m0/s1. The number of carbonyl (C=O) groups excluding carboxylic acids is 1. The summed E-state index contributed by atoms with van der Waals surface area (Å²) in [6.07, 6.45) is 7.79. The van der Waals surface area contributed by atoms with Gasteiger partial charge in [0.25, 0.3) is 0 Å². The molecule has 0 bridgehead atoms. The third-order valence-corrected chi connectivity index (χ3v) is 6.19. The van der Waals surface area contributed by atoms with E-state index in [0.29, 0.717) is 25.4 Å². The van der Waals surface area contributed by atoms with Crippen LogP contribution in [0.25, 0.3) is 0 Å². The molecular weight excluding hydrogens is 369 g/mol. The average molecular weight is 400 g/mol. The molecule has 2 saturated heterocycles. The molecule has 5 nitrogen and oxygen atoms in total. The number of oxazole rings is 1. The summed E-state index contributed by atoms with van der Waals surface area (Å²) in [6, 6.07) is 6.55. The van der Waals surface area contributed by atoms with Crippen LogP contribution in [0, 0.1) is 5.82 Å². The van der Waals surface area contributed by atoms with Gasteiger partial charge in [-0.3, -0.25) is 9.69 Å². The lowest BCUT2D eigenvalue weighted by atomic mass is 9.81. The molecule has 3 heterocycles. The Labute approximate surface area is 171 Å². The largest absolute Gasteiger partial charge is 0.445 e. The summed E-state index contributed by atoms with van der Waals surface area (Å²) in [4.78, 5) is 21.7. The van der Waals surface area contributed by atoms with Crippen molar-refractivity contribution in [1.82, 2.24) is 14.8 Å². The van der Waals surface area contributed by atoms with Gasteiger partial charge in [-0.2, -0.15) is 0 Å². The Hall–Kier alpha value is -2.21. The fourth-order valence-electron chi connectivity index (χ4n) is 4.55. The highest BCUT2D eigenvalue weighted by Crippen LogP contribution is 2.34. The summed E-state index contributed by atoms with van der Waals surface area (Å²) < 4.78 is 19.5. The van der Waals surface area contributed by atoms with E-state index in [0.717, 1.165) is 43.8 Å². The van der Waals surface area contributed by atoms with Gasteiger partial charge in [0, 0.05) is 19.5 Å². The first-order valence-corrected chi connectivity index (χ1v) is 10.7. The molecule has 0 saturated carbocycles. The first-order valence-electron chi connectivity index (χ1n) is 10.7. The van der Waals surface area contributed by atoms with Crippen LogP contribution in [-0.4, -0.2) is 53.4 Å². The lowest BCUT2D eigenvalue weighted by Gasteiger charge is -2.39. The quantitative estimate of drug-likeness (QED) is 0.768. The summed E-state index contributed by atoms with van der Waals surface area (Å²) in [5, 5.41) is 0. The van der Waals surface area contributed by atoms with Crippen molar-refractivity contribution in [3.05, 3.63) is 53.5 Å². The van der Waals surface area contributed by atoms with Gasteiger partial charge in [0.05, 0.1) is 18.2 Å². The summed E-state index contributed by atoms with van der Waals surface area (Å²) in [5.41, 5.74) is 0.579.